The molecule has 1 aliphatic carbocycles. The van der Waals surface area contributed by atoms with E-state index in [0.717, 1.165) is 70.3 Å². The summed E-state index contributed by atoms with van der Waals surface area (Å²) >= 11 is 0. The van der Waals surface area contributed by atoms with Crippen LogP contribution in [0, 0.1) is 23.5 Å². The molecule has 2 aliphatic rings. The lowest BCUT2D eigenvalue weighted by atomic mass is 10.00. The summed E-state index contributed by atoms with van der Waals surface area (Å²) in [5, 5.41) is 12.9. The molecule has 1 aliphatic heterocycles. The highest BCUT2D eigenvalue weighted by atomic mass is 19.2. The summed E-state index contributed by atoms with van der Waals surface area (Å²) in [4.78, 5) is 28.7. The Morgan fingerprint density at radius 3 is 2.23 bits per heavy atom. The van der Waals surface area contributed by atoms with E-state index in [1.54, 1.807) is 4.90 Å². The number of halogens is 2. The van der Waals surface area contributed by atoms with Crippen LogP contribution >= 0.6 is 0 Å². The van der Waals surface area contributed by atoms with Crippen LogP contribution in [0.4, 0.5) is 13.6 Å². The molecule has 3 atom stereocenters. The third kappa shape index (κ3) is 11.9. The van der Waals surface area contributed by atoms with Crippen LogP contribution in [-0.2, 0) is 16.1 Å². The molecule has 1 saturated carbocycles. The number of nitrogens with one attached hydrogen (secondary N) is 1. The lowest BCUT2D eigenvalue weighted by Crippen LogP contribution is -2.48. The summed E-state index contributed by atoms with van der Waals surface area (Å²) in [6.07, 6.45) is 5.88. The normalized spacial score (nSPS) is 19.9. The van der Waals surface area contributed by atoms with Gasteiger partial charge in [0.05, 0.1) is 0 Å². The molecule has 0 radical (unpaired) electrons. The average Bonchev–Trinajstić information content (AvgIpc) is 3.44. The highest BCUT2D eigenvalue weighted by molar-refractivity contribution is 5.73. The summed E-state index contributed by atoms with van der Waals surface area (Å²) in [6, 6.07) is 15.4. The molecule has 3 unspecified atom stereocenters. The molecule has 0 aromatic heterocycles. The standard InChI is InChI=1S/C28H43F2N3O4.C6H6/c1-4-11-33(28(36)37-18-21-6-8-24(29)25(30)16-21)23-9-12-32(13-10-23)17-20-5-7-22(15-20)31-26(27(34)35)14-19(2)3;1-2-4-6-5-3-1/h6,8,16,19-20,22-23,26,31H,4-5,7,9-15,17-18H2,1-3H3,(H,34,35);1-6H. The van der Waals surface area contributed by atoms with Gasteiger partial charge in [0.2, 0.25) is 0 Å². The number of aliphatic carboxylic acids is 1. The van der Waals surface area contributed by atoms with Crippen molar-refractivity contribution < 1.29 is 28.2 Å². The maximum absolute atomic E-state index is 13.5. The van der Waals surface area contributed by atoms with E-state index in [1.807, 2.05) is 57.2 Å². The van der Waals surface area contributed by atoms with E-state index < -0.39 is 29.7 Å². The highest BCUT2D eigenvalue weighted by Crippen LogP contribution is 2.29. The Labute approximate surface area is 255 Å². The fourth-order valence-electron chi connectivity index (χ4n) is 6.07. The van der Waals surface area contributed by atoms with Gasteiger partial charge in [0.15, 0.2) is 11.6 Å². The van der Waals surface area contributed by atoms with Gasteiger partial charge in [-0.15, -0.1) is 0 Å². The van der Waals surface area contributed by atoms with Crippen LogP contribution in [0.25, 0.3) is 0 Å². The second-order valence-electron chi connectivity index (χ2n) is 12.2. The number of ether oxygens (including phenoxy) is 1. The zero-order chi connectivity index (χ0) is 31.2. The van der Waals surface area contributed by atoms with Crippen LogP contribution in [0.5, 0.6) is 0 Å². The van der Waals surface area contributed by atoms with Crippen molar-refractivity contribution in [2.75, 3.05) is 26.2 Å². The summed E-state index contributed by atoms with van der Waals surface area (Å²) in [5.74, 6) is -1.75. The lowest BCUT2D eigenvalue weighted by molar-refractivity contribution is -0.140. The number of nitrogens with zero attached hydrogens (tertiary/aromatic N) is 2. The van der Waals surface area contributed by atoms with E-state index in [2.05, 4.69) is 10.2 Å². The maximum Gasteiger partial charge on any atom is 0.410 e. The van der Waals surface area contributed by atoms with Crippen molar-refractivity contribution in [3.63, 3.8) is 0 Å². The van der Waals surface area contributed by atoms with Crippen molar-refractivity contribution in [3.8, 4) is 0 Å². The minimum atomic E-state index is -0.951. The van der Waals surface area contributed by atoms with Crippen molar-refractivity contribution in [1.29, 1.82) is 0 Å². The number of hydrogen-bond acceptors (Lipinski definition) is 5. The largest absolute Gasteiger partial charge is 0.480 e. The van der Waals surface area contributed by atoms with Crippen molar-refractivity contribution >= 4 is 12.1 Å². The first-order valence-corrected chi connectivity index (χ1v) is 15.7. The Balaban J connectivity index is 0.000000749. The molecular weight excluding hydrogens is 552 g/mol. The van der Waals surface area contributed by atoms with Crippen LogP contribution < -0.4 is 5.32 Å². The van der Waals surface area contributed by atoms with Crippen molar-refractivity contribution in [3.05, 3.63) is 71.8 Å². The van der Waals surface area contributed by atoms with Gasteiger partial charge in [-0.05, 0) is 74.5 Å². The first-order chi connectivity index (χ1) is 20.7. The van der Waals surface area contributed by atoms with E-state index in [9.17, 15) is 23.5 Å². The van der Waals surface area contributed by atoms with E-state index in [-0.39, 0.29) is 18.7 Å². The number of piperidine rings is 1. The third-order valence-corrected chi connectivity index (χ3v) is 8.21. The number of carboxylic acids is 1. The first kappa shape index (κ1) is 34.5. The van der Waals surface area contributed by atoms with Gasteiger partial charge in [-0.3, -0.25) is 4.79 Å². The van der Waals surface area contributed by atoms with E-state index in [0.29, 0.717) is 30.4 Å². The third-order valence-electron chi connectivity index (χ3n) is 8.21. The zero-order valence-corrected chi connectivity index (χ0v) is 25.9. The van der Waals surface area contributed by atoms with E-state index >= 15 is 0 Å². The Kier molecular flexibility index (Phi) is 14.4. The molecule has 4 rings (SSSR count). The molecule has 2 aromatic carbocycles. The molecule has 1 heterocycles. The Morgan fingerprint density at radius 1 is 1.02 bits per heavy atom. The van der Waals surface area contributed by atoms with Gasteiger partial charge < -0.3 is 25.0 Å². The monoisotopic (exact) mass is 601 g/mol. The second kappa shape index (κ2) is 17.9. The molecule has 2 fully saturated rings. The van der Waals surface area contributed by atoms with Gasteiger partial charge in [0, 0.05) is 38.3 Å². The number of amides is 1. The lowest BCUT2D eigenvalue weighted by Gasteiger charge is -2.38. The van der Waals surface area contributed by atoms with E-state index in [4.69, 9.17) is 4.74 Å². The molecule has 1 saturated heterocycles. The van der Waals surface area contributed by atoms with Crippen LogP contribution in [-0.4, -0.2) is 71.3 Å². The fourth-order valence-corrected chi connectivity index (χ4v) is 6.07. The molecule has 2 N–H and O–H groups in total. The molecule has 1 amide bonds. The minimum Gasteiger partial charge on any atom is -0.480 e. The molecule has 43 heavy (non-hydrogen) atoms. The SMILES string of the molecule is CCCN(C(=O)OCc1ccc(F)c(F)c1)C1CCN(CC2CCC(NC(CC(C)C)C(=O)O)C2)CC1.c1ccccc1. The van der Waals surface area contributed by atoms with Crippen LogP contribution in [0.3, 0.4) is 0 Å². The Hall–Kier alpha value is -3.04. The van der Waals surface area contributed by atoms with Crippen molar-refractivity contribution in [1.82, 2.24) is 15.1 Å². The molecular formula is C34H49F2N3O4. The summed E-state index contributed by atoms with van der Waals surface area (Å²) in [6.45, 7) is 9.43. The van der Waals surface area contributed by atoms with Crippen LogP contribution in [0.1, 0.15) is 71.3 Å². The summed E-state index contributed by atoms with van der Waals surface area (Å²) in [7, 11) is 0. The second-order valence-corrected chi connectivity index (χ2v) is 12.2. The quantitative estimate of drug-likeness (QED) is 0.281. The van der Waals surface area contributed by atoms with Crippen molar-refractivity contribution in [2.45, 2.75) is 90.4 Å². The number of rotatable bonds is 12. The van der Waals surface area contributed by atoms with Gasteiger partial charge in [-0.1, -0.05) is 63.2 Å². The van der Waals surface area contributed by atoms with Gasteiger partial charge >= 0.3 is 12.1 Å². The Morgan fingerprint density at radius 2 is 1.67 bits per heavy atom. The predicted molar refractivity (Wildman–Crippen MR) is 165 cm³/mol. The zero-order valence-electron chi connectivity index (χ0n) is 25.9. The van der Waals surface area contributed by atoms with Gasteiger partial charge in [0.25, 0.3) is 0 Å². The molecule has 0 spiro atoms. The number of carbonyl (C=O) groups excluding carboxylic acids is 1. The van der Waals surface area contributed by atoms with Crippen molar-refractivity contribution in [2.24, 2.45) is 11.8 Å². The fraction of sp³-hybridized carbons (Fsp3) is 0.588. The Bertz CT molecular complexity index is 1090. The number of benzene rings is 2. The van der Waals surface area contributed by atoms with Crippen LogP contribution in [0.15, 0.2) is 54.6 Å². The van der Waals surface area contributed by atoms with Gasteiger partial charge in [-0.2, -0.15) is 0 Å². The summed E-state index contributed by atoms with van der Waals surface area (Å²) < 4.78 is 32.0. The number of hydrogen-bond donors (Lipinski definition) is 2. The number of carboxylic acid groups (broad SMARTS) is 1. The predicted octanol–water partition coefficient (Wildman–Crippen LogP) is 6.72. The molecule has 9 heteroatoms. The number of carbonyl (C=O) groups is 2. The number of likely N-dealkylation sites (tertiary alicyclic amines) is 1. The maximum atomic E-state index is 13.5. The smallest absolute Gasteiger partial charge is 0.410 e. The van der Waals surface area contributed by atoms with Gasteiger partial charge in [-0.25, -0.2) is 13.6 Å². The van der Waals surface area contributed by atoms with E-state index in [1.165, 1.54) is 6.07 Å². The average molecular weight is 602 g/mol. The highest BCUT2D eigenvalue weighted by Gasteiger charge is 2.33. The molecule has 2 aromatic rings. The summed E-state index contributed by atoms with van der Waals surface area (Å²) in [5.41, 5.74) is 0.418. The molecule has 7 nitrogen and oxygen atoms in total. The topological polar surface area (TPSA) is 82.1 Å². The minimum absolute atomic E-state index is 0.0914. The molecule has 238 valence electrons. The first-order valence-electron chi connectivity index (χ1n) is 15.7. The molecule has 0 bridgehead atoms. The van der Waals surface area contributed by atoms with Crippen LogP contribution in [0.2, 0.25) is 0 Å². The van der Waals surface area contributed by atoms with Gasteiger partial charge in [0.1, 0.15) is 12.6 Å².